The molecule has 1 aliphatic heterocycles. The van der Waals surface area contributed by atoms with Crippen LogP contribution in [0.1, 0.15) is 24.6 Å². The van der Waals surface area contributed by atoms with E-state index in [4.69, 9.17) is 34.8 Å². The summed E-state index contributed by atoms with van der Waals surface area (Å²) in [5.41, 5.74) is 0. The molecule has 2 aromatic rings. The van der Waals surface area contributed by atoms with Crippen LogP contribution in [0.4, 0.5) is 0 Å². The number of rotatable bonds is 6. The molecule has 0 radical (unpaired) electrons. The number of carbonyl (C=O) groups excluding carboxylic acids is 1. The van der Waals surface area contributed by atoms with Gasteiger partial charge in [0.15, 0.2) is 0 Å². The fourth-order valence-corrected chi connectivity index (χ4v) is 7.09. The van der Waals surface area contributed by atoms with E-state index in [1.165, 1.54) is 27.8 Å². The lowest BCUT2D eigenvalue weighted by Crippen LogP contribution is -2.44. The largest absolute Gasteiger partial charge is 0.338 e. The van der Waals surface area contributed by atoms with Gasteiger partial charge in [-0.3, -0.25) is 4.79 Å². The standard InChI is InChI=1S/C19H21Cl3N2O3S2/c1-2-23(12-14-6-7-17(22)28-14)19(25)13-8-10-24(11-9-13)29(26,27)18-15(20)4-3-5-16(18)21/h3-7,13H,2,8-12H2,1H3. The van der Waals surface area contributed by atoms with Gasteiger partial charge in [-0.15, -0.1) is 11.3 Å². The van der Waals surface area contributed by atoms with Gasteiger partial charge in [-0.25, -0.2) is 8.42 Å². The Bertz CT molecular complexity index is 966. The number of hydrogen-bond acceptors (Lipinski definition) is 4. The zero-order valence-corrected chi connectivity index (χ0v) is 19.7. The van der Waals surface area contributed by atoms with E-state index >= 15 is 0 Å². The molecule has 1 aliphatic rings. The van der Waals surface area contributed by atoms with Crippen LogP contribution in [0.25, 0.3) is 0 Å². The van der Waals surface area contributed by atoms with E-state index < -0.39 is 10.0 Å². The molecule has 3 rings (SSSR count). The average molecular weight is 496 g/mol. The summed E-state index contributed by atoms with van der Waals surface area (Å²) in [4.78, 5) is 15.7. The molecule has 1 aromatic heterocycles. The highest BCUT2D eigenvalue weighted by Crippen LogP contribution is 2.34. The molecule has 1 amide bonds. The zero-order valence-electron chi connectivity index (χ0n) is 15.8. The number of piperidine rings is 1. The monoisotopic (exact) mass is 494 g/mol. The molecule has 158 valence electrons. The van der Waals surface area contributed by atoms with Gasteiger partial charge in [-0.1, -0.05) is 40.9 Å². The number of hydrogen-bond donors (Lipinski definition) is 0. The molecule has 0 saturated carbocycles. The highest BCUT2D eigenvalue weighted by Gasteiger charge is 2.35. The Labute approximate surface area is 190 Å². The van der Waals surface area contributed by atoms with Crippen molar-refractivity contribution in [3.8, 4) is 0 Å². The van der Waals surface area contributed by atoms with E-state index in [1.807, 2.05) is 19.1 Å². The van der Waals surface area contributed by atoms with Crippen molar-refractivity contribution in [1.29, 1.82) is 0 Å². The molecule has 0 aliphatic carbocycles. The van der Waals surface area contributed by atoms with Crippen LogP contribution in [-0.4, -0.2) is 43.2 Å². The van der Waals surface area contributed by atoms with Crippen molar-refractivity contribution >= 4 is 62.1 Å². The molecule has 0 unspecified atom stereocenters. The third-order valence-corrected chi connectivity index (χ3v) is 9.06. The quantitative estimate of drug-likeness (QED) is 0.556. The van der Waals surface area contributed by atoms with Crippen molar-refractivity contribution in [2.24, 2.45) is 5.92 Å². The van der Waals surface area contributed by atoms with Gasteiger partial charge in [0.2, 0.25) is 15.9 Å². The Hall–Kier alpha value is -0.830. The number of thiophene rings is 1. The van der Waals surface area contributed by atoms with Crippen molar-refractivity contribution in [1.82, 2.24) is 9.21 Å². The number of benzene rings is 1. The summed E-state index contributed by atoms with van der Waals surface area (Å²) >= 11 is 19.6. The minimum atomic E-state index is -3.81. The fourth-order valence-electron chi connectivity index (χ4n) is 3.43. The Morgan fingerprint density at radius 2 is 1.76 bits per heavy atom. The second-order valence-electron chi connectivity index (χ2n) is 6.79. The van der Waals surface area contributed by atoms with Crippen LogP contribution in [0, 0.1) is 5.92 Å². The maximum atomic E-state index is 13.0. The minimum Gasteiger partial charge on any atom is -0.338 e. The zero-order chi connectivity index (χ0) is 21.2. The first-order valence-electron chi connectivity index (χ1n) is 9.21. The summed E-state index contributed by atoms with van der Waals surface area (Å²) in [7, 11) is -3.81. The lowest BCUT2D eigenvalue weighted by atomic mass is 9.96. The highest BCUT2D eigenvalue weighted by molar-refractivity contribution is 7.89. The lowest BCUT2D eigenvalue weighted by Gasteiger charge is -2.33. The van der Waals surface area contributed by atoms with Crippen LogP contribution in [0.15, 0.2) is 35.2 Å². The summed E-state index contributed by atoms with van der Waals surface area (Å²) in [6, 6.07) is 8.36. The number of nitrogens with zero attached hydrogens (tertiary/aromatic N) is 2. The van der Waals surface area contributed by atoms with Gasteiger partial charge in [0.1, 0.15) is 4.90 Å². The summed E-state index contributed by atoms with van der Waals surface area (Å²) < 4.78 is 28.0. The van der Waals surface area contributed by atoms with Crippen molar-refractivity contribution in [2.75, 3.05) is 19.6 Å². The first-order valence-corrected chi connectivity index (χ1v) is 12.6. The number of halogens is 3. The Morgan fingerprint density at radius 3 is 2.28 bits per heavy atom. The smallest absolute Gasteiger partial charge is 0.246 e. The second kappa shape index (κ2) is 9.54. The molecular formula is C19H21Cl3N2O3S2. The molecule has 1 fully saturated rings. The van der Waals surface area contributed by atoms with Gasteiger partial charge in [0.05, 0.1) is 20.9 Å². The molecule has 0 N–H and O–H groups in total. The molecule has 0 spiro atoms. The summed E-state index contributed by atoms with van der Waals surface area (Å²) in [5, 5.41) is 0.199. The topological polar surface area (TPSA) is 57.7 Å². The normalized spacial score (nSPS) is 16.1. The van der Waals surface area contributed by atoms with E-state index in [9.17, 15) is 13.2 Å². The van der Waals surface area contributed by atoms with Crippen molar-refractivity contribution in [3.63, 3.8) is 0 Å². The van der Waals surface area contributed by atoms with Crippen LogP contribution in [-0.2, 0) is 21.4 Å². The van der Waals surface area contributed by atoms with Crippen LogP contribution in [0.2, 0.25) is 14.4 Å². The molecule has 29 heavy (non-hydrogen) atoms. The lowest BCUT2D eigenvalue weighted by molar-refractivity contribution is -0.137. The molecule has 0 atom stereocenters. The summed E-state index contributed by atoms with van der Waals surface area (Å²) in [6.45, 7) is 3.54. The molecule has 5 nitrogen and oxygen atoms in total. The third-order valence-electron chi connectivity index (χ3n) is 4.99. The Kier molecular flexibility index (Phi) is 7.51. The van der Waals surface area contributed by atoms with Gasteiger partial charge in [-0.05, 0) is 44.0 Å². The van der Waals surface area contributed by atoms with Gasteiger partial charge in [-0.2, -0.15) is 4.31 Å². The van der Waals surface area contributed by atoms with E-state index in [-0.39, 0.29) is 39.9 Å². The van der Waals surface area contributed by atoms with Crippen LogP contribution in [0.5, 0.6) is 0 Å². The number of sulfonamides is 1. The minimum absolute atomic E-state index is 0.0462. The number of amides is 1. The first kappa shape index (κ1) is 22.8. The fraction of sp³-hybridized carbons (Fsp3) is 0.421. The summed E-state index contributed by atoms with van der Waals surface area (Å²) in [5.74, 6) is -0.164. The average Bonchev–Trinajstić information content (AvgIpc) is 3.10. The van der Waals surface area contributed by atoms with E-state index in [0.717, 1.165) is 4.88 Å². The van der Waals surface area contributed by atoms with Crippen molar-refractivity contribution < 1.29 is 13.2 Å². The second-order valence-corrected chi connectivity index (χ2v) is 11.3. The van der Waals surface area contributed by atoms with Gasteiger partial charge < -0.3 is 4.90 Å². The van der Waals surface area contributed by atoms with E-state index in [2.05, 4.69) is 0 Å². The SMILES string of the molecule is CCN(Cc1ccc(Cl)s1)C(=O)C1CCN(S(=O)(=O)c2c(Cl)cccc2Cl)CC1. The van der Waals surface area contributed by atoms with Gasteiger partial charge >= 0.3 is 0 Å². The van der Waals surface area contributed by atoms with Crippen LogP contribution < -0.4 is 0 Å². The third kappa shape index (κ3) is 5.09. The van der Waals surface area contributed by atoms with Crippen LogP contribution >= 0.6 is 46.1 Å². The van der Waals surface area contributed by atoms with Crippen molar-refractivity contribution in [2.45, 2.75) is 31.2 Å². The maximum absolute atomic E-state index is 13.0. The molecule has 1 saturated heterocycles. The van der Waals surface area contributed by atoms with E-state index in [1.54, 1.807) is 11.0 Å². The van der Waals surface area contributed by atoms with Crippen molar-refractivity contribution in [3.05, 3.63) is 49.6 Å². The van der Waals surface area contributed by atoms with E-state index in [0.29, 0.717) is 30.3 Å². The molecular weight excluding hydrogens is 475 g/mol. The summed E-state index contributed by atoms with van der Waals surface area (Å²) in [6.07, 6.45) is 0.920. The maximum Gasteiger partial charge on any atom is 0.246 e. The first-order chi connectivity index (χ1) is 13.7. The number of carbonyl (C=O) groups is 1. The Morgan fingerprint density at radius 1 is 1.14 bits per heavy atom. The predicted octanol–water partition coefficient (Wildman–Crippen LogP) is 5.16. The highest BCUT2D eigenvalue weighted by atomic mass is 35.5. The molecule has 10 heteroatoms. The molecule has 0 bridgehead atoms. The Balaban J connectivity index is 1.67. The van der Waals surface area contributed by atoms with Crippen LogP contribution in [0.3, 0.4) is 0 Å². The predicted molar refractivity (Wildman–Crippen MR) is 118 cm³/mol. The molecule has 1 aromatic carbocycles. The van der Waals surface area contributed by atoms with Gasteiger partial charge in [0.25, 0.3) is 0 Å². The van der Waals surface area contributed by atoms with Gasteiger partial charge in [0, 0.05) is 30.4 Å². The molecule has 2 heterocycles.